The molecule has 0 aromatic carbocycles. The molecule has 0 spiro atoms. The molecule has 6 nitrogen and oxygen atoms in total. The molecule has 2 atom stereocenters. The summed E-state index contributed by atoms with van der Waals surface area (Å²) in [5.41, 5.74) is 1.75. The monoisotopic (exact) mass is 327 g/mol. The zero-order valence-corrected chi connectivity index (χ0v) is 14.7. The van der Waals surface area contributed by atoms with Crippen LogP contribution in [0.15, 0.2) is 30.6 Å². The van der Waals surface area contributed by atoms with Gasteiger partial charge in [-0.1, -0.05) is 26.8 Å². The smallest absolute Gasteiger partial charge is 0.229 e. The van der Waals surface area contributed by atoms with Gasteiger partial charge in [0.05, 0.1) is 17.3 Å². The highest BCUT2D eigenvalue weighted by atomic mass is 16.2. The van der Waals surface area contributed by atoms with Gasteiger partial charge in [0.25, 0.3) is 0 Å². The fourth-order valence-corrected chi connectivity index (χ4v) is 3.29. The molecule has 0 bridgehead atoms. The van der Waals surface area contributed by atoms with Crippen molar-refractivity contribution in [3.05, 3.63) is 36.3 Å². The molecule has 128 valence electrons. The summed E-state index contributed by atoms with van der Waals surface area (Å²) in [4.78, 5) is 19.4. The Balaban J connectivity index is 1.72. The number of carbonyl (C=O) groups is 1. The van der Waals surface area contributed by atoms with Crippen LogP contribution in [0.2, 0.25) is 0 Å². The van der Waals surface area contributed by atoms with E-state index < -0.39 is 0 Å². The molecule has 1 fully saturated rings. The lowest BCUT2D eigenvalue weighted by atomic mass is 9.97. The van der Waals surface area contributed by atoms with E-state index in [0.717, 1.165) is 23.7 Å². The topological polar surface area (TPSA) is 63.1 Å². The average molecular weight is 327 g/mol. The van der Waals surface area contributed by atoms with Gasteiger partial charge in [0, 0.05) is 32.5 Å². The third-order valence-electron chi connectivity index (χ3n) is 4.58. The molecule has 1 amide bonds. The van der Waals surface area contributed by atoms with Crippen molar-refractivity contribution in [3.8, 4) is 0 Å². The minimum Gasteiger partial charge on any atom is -0.356 e. The second-order valence-electron chi connectivity index (χ2n) is 6.92. The maximum Gasteiger partial charge on any atom is 0.229 e. The van der Waals surface area contributed by atoms with Crippen LogP contribution in [-0.2, 0) is 11.8 Å². The van der Waals surface area contributed by atoms with Gasteiger partial charge in [-0.25, -0.2) is 4.98 Å². The van der Waals surface area contributed by atoms with Crippen LogP contribution in [0.1, 0.15) is 32.4 Å². The van der Waals surface area contributed by atoms with Crippen LogP contribution in [0.5, 0.6) is 0 Å². The number of nitrogens with one attached hydrogen (secondary N) is 1. The summed E-state index contributed by atoms with van der Waals surface area (Å²) < 4.78 is 1.75. The molecule has 3 heterocycles. The molecule has 6 heteroatoms. The summed E-state index contributed by atoms with van der Waals surface area (Å²) in [5.74, 6) is 1.51. The van der Waals surface area contributed by atoms with Gasteiger partial charge in [0.1, 0.15) is 5.82 Å². The van der Waals surface area contributed by atoms with Crippen molar-refractivity contribution in [1.82, 2.24) is 14.8 Å². The van der Waals surface area contributed by atoms with E-state index in [0.29, 0.717) is 6.54 Å². The number of nitrogens with zero attached hydrogens (tertiary/aromatic N) is 4. The second-order valence-corrected chi connectivity index (χ2v) is 6.92. The second kappa shape index (κ2) is 6.63. The SMILES string of the molecule is CC(C)c1nn(C)cc1NC(=O)[C@@H]1CN(c2ccccn2)C[C@H]1C. The van der Waals surface area contributed by atoms with Gasteiger partial charge < -0.3 is 10.2 Å². The minimum absolute atomic E-state index is 0.0489. The molecule has 2 aromatic rings. The lowest BCUT2D eigenvalue weighted by Gasteiger charge is -2.17. The predicted molar refractivity (Wildman–Crippen MR) is 95.0 cm³/mol. The Bertz CT molecular complexity index is 709. The Morgan fingerprint density at radius 2 is 2.12 bits per heavy atom. The highest BCUT2D eigenvalue weighted by molar-refractivity contribution is 5.94. The van der Waals surface area contributed by atoms with Crippen molar-refractivity contribution in [3.63, 3.8) is 0 Å². The quantitative estimate of drug-likeness (QED) is 0.938. The van der Waals surface area contributed by atoms with Gasteiger partial charge in [0.15, 0.2) is 0 Å². The van der Waals surface area contributed by atoms with Crippen LogP contribution in [0.25, 0.3) is 0 Å². The summed E-state index contributed by atoms with van der Waals surface area (Å²) in [6.45, 7) is 7.83. The number of hydrogen-bond acceptors (Lipinski definition) is 4. The third-order valence-corrected chi connectivity index (χ3v) is 4.58. The van der Waals surface area contributed by atoms with Gasteiger partial charge in [-0.3, -0.25) is 9.48 Å². The molecule has 24 heavy (non-hydrogen) atoms. The van der Waals surface area contributed by atoms with E-state index in [2.05, 4.69) is 41.1 Å². The van der Waals surface area contributed by atoms with Crippen LogP contribution in [0.4, 0.5) is 11.5 Å². The van der Waals surface area contributed by atoms with Gasteiger partial charge in [0.2, 0.25) is 5.91 Å². The number of hydrogen-bond donors (Lipinski definition) is 1. The molecule has 2 aromatic heterocycles. The Morgan fingerprint density at radius 3 is 2.79 bits per heavy atom. The van der Waals surface area contributed by atoms with Crippen molar-refractivity contribution in [2.24, 2.45) is 18.9 Å². The Labute approximate surface area is 142 Å². The first-order valence-electron chi connectivity index (χ1n) is 8.46. The molecular formula is C18H25N5O. The number of amides is 1. The molecule has 0 unspecified atom stereocenters. The molecule has 1 N–H and O–H groups in total. The number of carbonyl (C=O) groups excluding carboxylic acids is 1. The van der Waals surface area contributed by atoms with Crippen LogP contribution >= 0.6 is 0 Å². The van der Waals surface area contributed by atoms with E-state index in [4.69, 9.17) is 0 Å². The zero-order chi connectivity index (χ0) is 17.3. The van der Waals surface area contributed by atoms with Crippen LogP contribution < -0.4 is 10.2 Å². The standard InChI is InChI=1S/C18H25N5O/c1-12(2)17-15(11-22(4)21-17)20-18(24)14-10-23(9-13(14)3)16-7-5-6-8-19-16/h5-8,11-14H,9-10H2,1-4H3,(H,20,24)/t13-,14-/m1/s1. The number of aromatic nitrogens is 3. The molecule has 0 radical (unpaired) electrons. The summed E-state index contributed by atoms with van der Waals surface area (Å²) in [5, 5.41) is 7.54. The maximum atomic E-state index is 12.8. The van der Waals surface area contributed by atoms with E-state index >= 15 is 0 Å². The summed E-state index contributed by atoms with van der Waals surface area (Å²) in [6, 6.07) is 5.87. The number of rotatable bonds is 4. The fourth-order valence-electron chi connectivity index (χ4n) is 3.29. The number of aryl methyl sites for hydroxylation is 1. The summed E-state index contributed by atoms with van der Waals surface area (Å²) >= 11 is 0. The third kappa shape index (κ3) is 3.27. The van der Waals surface area contributed by atoms with Crippen molar-refractivity contribution in [2.75, 3.05) is 23.3 Å². The average Bonchev–Trinajstić information content (AvgIpc) is 3.11. The van der Waals surface area contributed by atoms with E-state index in [1.165, 1.54) is 0 Å². The lowest BCUT2D eigenvalue weighted by Crippen LogP contribution is -2.29. The van der Waals surface area contributed by atoms with Crippen LogP contribution in [-0.4, -0.2) is 33.8 Å². The lowest BCUT2D eigenvalue weighted by molar-refractivity contribution is -0.120. The normalized spacial score (nSPS) is 20.6. The largest absolute Gasteiger partial charge is 0.356 e. The van der Waals surface area contributed by atoms with Crippen LogP contribution in [0.3, 0.4) is 0 Å². The molecule has 0 aliphatic carbocycles. The van der Waals surface area contributed by atoms with E-state index in [-0.39, 0.29) is 23.7 Å². The first-order valence-corrected chi connectivity index (χ1v) is 8.46. The van der Waals surface area contributed by atoms with Crippen molar-refractivity contribution in [1.29, 1.82) is 0 Å². The molecular weight excluding hydrogens is 302 g/mol. The highest BCUT2D eigenvalue weighted by Gasteiger charge is 2.35. The Morgan fingerprint density at radius 1 is 1.33 bits per heavy atom. The Hall–Kier alpha value is -2.37. The number of pyridine rings is 1. The van der Waals surface area contributed by atoms with Gasteiger partial charge in [-0.05, 0) is 24.0 Å². The van der Waals surface area contributed by atoms with Crippen molar-refractivity contribution < 1.29 is 4.79 Å². The molecule has 3 rings (SSSR count). The molecule has 1 aliphatic rings. The van der Waals surface area contributed by atoms with E-state index in [1.54, 1.807) is 10.9 Å². The summed E-state index contributed by atoms with van der Waals surface area (Å²) in [7, 11) is 1.88. The molecule has 0 saturated carbocycles. The predicted octanol–water partition coefficient (Wildman–Crippen LogP) is 2.65. The maximum absolute atomic E-state index is 12.8. The number of anilines is 2. The summed E-state index contributed by atoms with van der Waals surface area (Å²) in [6.07, 6.45) is 3.67. The zero-order valence-electron chi connectivity index (χ0n) is 14.7. The fraction of sp³-hybridized carbons (Fsp3) is 0.500. The van der Waals surface area contributed by atoms with Gasteiger partial charge in [-0.2, -0.15) is 5.10 Å². The first-order chi connectivity index (χ1) is 11.5. The highest BCUT2D eigenvalue weighted by Crippen LogP contribution is 2.29. The van der Waals surface area contributed by atoms with E-state index in [9.17, 15) is 4.79 Å². The van der Waals surface area contributed by atoms with Crippen molar-refractivity contribution in [2.45, 2.75) is 26.7 Å². The minimum atomic E-state index is -0.0489. The van der Waals surface area contributed by atoms with Crippen LogP contribution in [0, 0.1) is 11.8 Å². The van der Waals surface area contributed by atoms with E-state index in [1.807, 2.05) is 31.4 Å². The van der Waals surface area contributed by atoms with Gasteiger partial charge in [-0.15, -0.1) is 0 Å². The Kier molecular flexibility index (Phi) is 4.55. The molecule has 1 aliphatic heterocycles. The molecule has 1 saturated heterocycles. The first kappa shape index (κ1) is 16.5. The van der Waals surface area contributed by atoms with Gasteiger partial charge >= 0.3 is 0 Å². The van der Waals surface area contributed by atoms with Crippen molar-refractivity contribution >= 4 is 17.4 Å².